The van der Waals surface area contributed by atoms with E-state index in [-0.39, 0.29) is 6.61 Å². The molecule has 0 bridgehead atoms. The highest BCUT2D eigenvalue weighted by Crippen LogP contribution is 2.32. The smallest absolute Gasteiger partial charge is 0.341 e. The van der Waals surface area contributed by atoms with Gasteiger partial charge in [0.25, 0.3) is 5.91 Å². The molecule has 0 fully saturated rings. The van der Waals surface area contributed by atoms with Crippen LogP contribution in [-0.2, 0) is 9.53 Å². The molecule has 0 aliphatic carbocycles. The van der Waals surface area contributed by atoms with E-state index < -0.39 is 11.9 Å². The Morgan fingerprint density at radius 2 is 1.96 bits per heavy atom. The largest absolute Gasteiger partial charge is 0.452 e. The van der Waals surface area contributed by atoms with Crippen LogP contribution in [0.3, 0.4) is 0 Å². The van der Waals surface area contributed by atoms with Crippen molar-refractivity contribution in [3.63, 3.8) is 0 Å². The number of nitrogens with zero attached hydrogens (tertiary/aromatic N) is 1. The van der Waals surface area contributed by atoms with Crippen LogP contribution in [-0.4, -0.2) is 29.7 Å². The molecule has 1 aromatic heterocycles. The van der Waals surface area contributed by atoms with Gasteiger partial charge in [-0.15, -0.1) is 11.8 Å². The number of thioether (sulfide) groups is 1. The van der Waals surface area contributed by atoms with Crippen molar-refractivity contribution in [2.24, 2.45) is 0 Å². The molecule has 0 radical (unpaired) electrons. The number of carbonyl (C=O) groups excluding carboxylic acids is 2. The number of carbonyl (C=O) groups is 2. The predicted octanol–water partition coefficient (Wildman–Crippen LogP) is 4.43. The molecular formula is C16H14Br2N2O3S. The Morgan fingerprint density at radius 3 is 2.58 bits per heavy atom. The van der Waals surface area contributed by atoms with Crippen molar-refractivity contribution in [3.05, 3.63) is 50.5 Å². The maximum atomic E-state index is 12.1. The van der Waals surface area contributed by atoms with Crippen molar-refractivity contribution in [2.75, 3.05) is 18.2 Å². The number of esters is 1. The molecule has 1 heterocycles. The minimum absolute atomic E-state index is 0.343. The number of pyridine rings is 1. The minimum atomic E-state index is -0.579. The Kier molecular flexibility index (Phi) is 6.82. The van der Waals surface area contributed by atoms with Gasteiger partial charge in [-0.05, 0) is 74.9 Å². The summed E-state index contributed by atoms with van der Waals surface area (Å²) in [6.45, 7) is 1.56. The second kappa shape index (κ2) is 8.64. The van der Waals surface area contributed by atoms with Crippen LogP contribution in [0.5, 0.6) is 0 Å². The quantitative estimate of drug-likeness (QED) is 0.513. The Bertz CT molecular complexity index is 761. The first kappa shape index (κ1) is 19.0. The minimum Gasteiger partial charge on any atom is -0.452 e. The topological polar surface area (TPSA) is 68.3 Å². The van der Waals surface area contributed by atoms with Gasteiger partial charge in [-0.1, -0.05) is 0 Å². The number of nitrogens with one attached hydrogen (secondary N) is 1. The summed E-state index contributed by atoms with van der Waals surface area (Å²) in [5, 5.41) is 3.27. The number of halogens is 2. The number of benzene rings is 1. The van der Waals surface area contributed by atoms with Crippen molar-refractivity contribution >= 4 is 61.2 Å². The lowest BCUT2D eigenvalue weighted by atomic mass is 10.2. The Balaban J connectivity index is 2.00. The van der Waals surface area contributed by atoms with Crippen LogP contribution in [0.2, 0.25) is 0 Å². The molecule has 0 saturated carbocycles. The van der Waals surface area contributed by atoms with Crippen LogP contribution < -0.4 is 5.32 Å². The van der Waals surface area contributed by atoms with Crippen molar-refractivity contribution in [3.8, 4) is 0 Å². The van der Waals surface area contributed by atoms with Crippen LogP contribution >= 0.6 is 43.6 Å². The first-order valence-corrected chi connectivity index (χ1v) is 9.65. The molecule has 0 saturated heterocycles. The molecule has 126 valence electrons. The molecule has 0 atom stereocenters. The standard InChI is InChI=1S/C16H14Br2N2O3S/c1-9-6-11(17)14(12(18)7-9)20-13(21)8-23-16(22)10-4-3-5-19-15(10)24-2/h3-7H,8H2,1-2H3,(H,20,21). The number of ether oxygens (including phenoxy) is 1. The van der Waals surface area contributed by atoms with E-state index >= 15 is 0 Å². The predicted molar refractivity (Wildman–Crippen MR) is 102 cm³/mol. The molecule has 8 heteroatoms. The third-order valence-electron chi connectivity index (χ3n) is 2.97. The van der Waals surface area contributed by atoms with Gasteiger partial charge in [-0.25, -0.2) is 9.78 Å². The van der Waals surface area contributed by atoms with Crippen molar-refractivity contribution in [2.45, 2.75) is 11.9 Å². The lowest BCUT2D eigenvalue weighted by Crippen LogP contribution is -2.21. The second-order valence-corrected chi connectivity index (χ2v) is 7.29. The van der Waals surface area contributed by atoms with Crippen LogP contribution in [0.25, 0.3) is 0 Å². The van der Waals surface area contributed by atoms with E-state index in [1.165, 1.54) is 11.8 Å². The number of hydrogen-bond acceptors (Lipinski definition) is 5. The van der Waals surface area contributed by atoms with Crippen molar-refractivity contribution in [1.29, 1.82) is 0 Å². The molecule has 0 unspecified atom stereocenters. The fourth-order valence-corrected chi connectivity index (χ4v) is 4.06. The number of rotatable bonds is 5. The number of hydrogen-bond donors (Lipinski definition) is 1. The van der Waals surface area contributed by atoms with E-state index in [2.05, 4.69) is 42.2 Å². The average Bonchev–Trinajstić information content (AvgIpc) is 2.55. The summed E-state index contributed by atoms with van der Waals surface area (Å²) in [6, 6.07) is 7.03. The van der Waals surface area contributed by atoms with Gasteiger partial charge in [0.2, 0.25) is 0 Å². The molecule has 0 spiro atoms. The Hall–Kier alpha value is -1.38. The monoisotopic (exact) mass is 472 g/mol. The fourth-order valence-electron chi connectivity index (χ4n) is 1.91. The molecule has 1 amide bonds. The fraction of sp³-hybridized carbons (Fsp3) is 0.188. The summed E-state index contributed by atoms with van der Waals surface area (Å²) < 4.78 is 6.56. The maximum Gasteiger partial charge on any atom is 0.341 e. The summed E-state index contributed by atoms with van der Waals surface area (Å²) in [4.78, 5) is 28.2. The van der Waals surface area contributed by atoms with E-state index in [4.69, 9.17) is 4.74 Å². The molecule has 24 heavy (non-hydrogen) atoms. The van der Waals surface area contributed by atoms with Crippen LogP contribution in [0.4, 0.5) is 5.69 Å². The summed E-state index contributed by atoms with van der Waals surface area (Å²) in [5.41, 5.74) is 1.97. The third-order valence-corrected chi connectivity index (χ3v) is 4.93. The summed E-state index contributed by atoms with van der Waals surface area (Å²) in [7, 11) is 0. The zero-order valence-electron chi connectivity index (χ0n) is 12.9. The molecule has 0 aliphatic heterocycles. The lowest BCUT2D eigenvalue weighted by molar-refractivity contribution is -0.119. The van der Waals surface area contributed by atoms with E-state index in [0.29, 0.717) is 16.3 Å². The Morgan fingerprint density at radius 1 is 1.29 bits per heavy atom. The molecular weight excluding hydrogens is 460 g/mol. The zero-order chi connectivity index (χ0) is 17.7. The van der Waals surface area contributed by atoms with Crippen LogP contribution in [0.15, 0.2) is 44.4 Å². The van der Waals surface area contributed by atoms with E-state index in [9.17, 15) is 9.59 Å². The number of aryl methyl sites for hydroxylation is 1. The summed E-state index contributed by atoms with van der Waals surface area (Å²) in [6.07, 6.45) is 3.42. The summed E-state index contributed by atoms with van der Waals surface area (Å²) in [5.74, 6) is -1.01. The highest BCUT2D eigenvalue weighted by atomic mass is 79.9. The van der Waals surface area contributed by atoms with E-state index in [0.717, 1.165) is 14.5 Å². The maximum absolute atomic E-state index is 12.1. The molecule has 5 nitrogen and oxygen atoms in total. The SMILES string of the molecule is CSc1ncccc1C(=O)OCC(=O)Nc1c(Br)cc(C)cc1Br. The second-order valence-electron chi connectivity index (χ2n) is 4.79. The van der Waals surface area contributed by atoms with Gasteiger partial charge in [0.1, 0.15) is 5.03 Å². The Labute approximate surface area is 160 Å². The third kappa shape index (κ3) is 4.81. The van der Waals surface area contributed by atoms with Gasteiger partial charge in [-0.3, -0.25) is 4.79 Å². The number of aromatic nitrogens is 1. The van der Waals surface area contributed by atoms with Gasteiger partial charge >= 0.3 is 5.97 Å². The van der Waals surface area contributed by atoms with Crippen molar-refractivity contribution < 1.29 is 14.3 Å². The van der Waals surface area contributed by atoms with Gasteiger partial charge in [0.15, 0.2) is 6.61 Å². The molecule has 1 aromatic carbocycles. The highest BCUT2D eigenvalue weighted by Gasteiger charge is 2.16. The molecule has 0 aliphatic rings. The van der Waals surface area contributed by atoms with Gasteiger partial charge < -0.3 is 10.1 Å². The summed E-state index contributed by atoms with van der Waals surface area (Å²) >= 11 is 8.14. The van der Waals surface area contributed by atoms with Crippen LogP contribution in [0.1, 0.15) is 15.9 Å². The normalized spacial score (nSPS) is 10.3. The molecule has 2 rings (SSSR count). The first-order chi connectivity index (χ1) is 11.4. The van der Waals surface area contributed by atoms with Crippen LogP contribution in [0, 0.1) is 6.92 Å². The highest BCUT2D eigenvalue weighted by molar-refractivity contribution is 9.11. The van der Waals surface area contributed by atoms with Gasteiger partial charge in [0.05, 0.1) is 11.3 Å². The average molecular weight is 474 g/mol. The molecule has 2 aromatic rings. The van der Waals surface area contributed by atoms with Crippen molar-refractivity contribution in [1.82, 2.24) is 4.98 Å². The molecule has 1 N–H and O–H groups in total. The number of anilines is 1. The van der Waals surface area contributed by atoms with E-state index in [1.54, 1.807) is 18.3 Å². The lowest BCUT2D eigenvalue weighted by Gasteiger charge is -2.11. The zero-order valence-corrected chi connectivity index (χ0v) is 16.9. The van der Waals surface area contributed by atoms with E-state index in [1.807, 2.05) is 25.3 Å². The number of amides is 1. The van der Waals surface area contributed by atoms with Gasteiger partial charge in [0, 0.05) is 15.1 Å². The first-order valence-electron chi connectivity index (χ1n) is 6.84. The van der Waals surface area contributed by atoms with Gasteiger partial charge in [-0.2, -0.15) is 0 Å².